The molecule has 4 fully saturated rings. The standard InChI is InChI=1S/C22H24Cl2N2O3/c23-15-2-1-3-16(19(15)24)25-20(27)11-6-8-14(9-7-11)26-21(28)17-12-4-5-13(10-12)18(17)22(26)29/h1-3,11-14,17-18H,4-10H2,(H,25,27). The summed E-state index contributed by atoms with van der Waals surface area (Å²) in [4.78, 5) is 40.3. The molecule has 0 radical (unpaired) electrons. The topological polar surface area (TPSA) is 66.5 Å². The highest BCUT2D eigenvalue weighted by molar-refractivity contribution is 6.44. The number of hydrogen-bond donors (Lipinski definition) is 1. The lowest BCUT2D eigenvalue weighted by atomic mass is 9.81. The largest absolute Gasteiger partial charge is 0.324 e. The molecule has 2 bridgehead atoms. The zero-order valence-electron chi connectivity index (χ0n) is 16.1. The molecule has 0 aromatic heterocycles. The van der Waals surface area contributed by atoms with Gasteiger partial charge in [-0.15, -0.1) is 0 Å². The monoisotopic (exact) mass is 434 g/mol. The van der Waals surface area contributed by atoms with Gasteiger partial charge >= 0.3 is 0 Å². The number of nitrogens with zero attached hydrogens (tertiary/aromatic N) is 1. The third-order valence-corrected chi connectivity index (χ3v) is 8.42. The van der Waals surface area contributed by atoms with Gasteiger partial charge in [0.15, 0.2) is 0 Å². The Hall–Kier alpha value is -1.59. The van der Waals surface area contributed by atoms with Crippen molar-refractivity contribution >= 4 is 46.6 Å². The van der Waals surface area contributed by atoms with Crippen molar-refractivity contribution in [3.63, 3.8) is 0 Å². The normalized spacial score (nSPS) is 35.9. The van der Waals surface area contributed by atoms with E-state index >= 15 is 0 Å². The molecule has 5 rings (SSSR count). The molecular weight excluding hydrogens is 411 g/mol. The highest BCUT2D eigenvalue weighted by Gasteiger charge is 2.61. The number of halogens is 2. The average Bonchev–Trinajstić information content (AvgIpc) is 3.39. The number of hydrogen-bond acceptors (Lipinski definition) is 3. The van der Waals surface area contributed by atoms with Gasteiger partial charge < -0.3 is 5.32 Å². The summed E-state index contributed by atoms with van der Waals surface area (Å²) in [6, 6.07) is 5.09. The lowest BCUT2D eigenvalue weighted by Gasteiger charge is -2.33. The maximum atomic E-state index is 13.0. The van der Waals surface area contributed by atoms with Gasteiger partial charge in [0.05, 0.1) is 27.6 Å². The molecule has 5 nitrogen and oxygen atoms in total. The van der Waals surface area contributed by atoms with Gasteiger partial charge in [0.1, 0.15) is 0 Å². The van der Waals surface area contributed by atoms with Crippen molar-refractivity contribution < 1.29 is 14.4 Å². The van der Waals surface area contributed by atoms with Crippen LogP contribution < -0.4 is 5.32 Å². The van der Waals surface area contributed by atoms with E-state index < -0.39 is 0 Å². The van der Waals surface area contributed by atoms with Gasteiger partial charge in [-0.2, -0.15) is 0 Å². The number of amides is 3. The maximum absolute atomic E-state index is 13.0. The summed E-state index contributed by atoms with van der Waals surface area (Å²) in [6.45, 7) is 0. The van der Waals surface area contributed by atoms with Gasteiger partial charge in [-0.25, -0.2) is 0 Å². The maximum Gasteiger partial charge on any atom is 0.233 e. The lowest BCUT2D eigenvalue weighted by Crippen LogP contribution is -2.44. The van der Waals surface area contributed by atoms with E-state index in [4.69, 9.17) is 23.2 Å². The summed E-state index contributed by atoms with van der Waals surface area (Å²) in [5, 5.41) is 3.61. The first-order chi connectivity index (χ1) is 14.0. The van der Waals surface area contributed by atoms with Crippen LogP contribution in [0.4, 0.5) is 5.69 Å². The lowest BCUT2D eigenvalue weighted by molar-refractivity contribution is -0.144. The molecule has 29 heavy (non-hydrogen) atoms. The number of carbonyl (C=O) groups is 3. The van der Waals surface area contributed by atoms with Crippen molar-refractivity contribution in [3.8, 4) is 0 Å². The van der Waals surface area contributed by atoms with E-state index in [9.17, 15) is 14.4 Å². The van der Waals surface area contributed by atoms with Crippen molar-refractivity contribution in [2.45, 2.75) is 51.0 Å². The number of imide groups is 1. The summed E-state index contributed by atoms with van der Waals surface area (Å²) >= 11 is 12.2. The zero-order chi connectivity index (χ0) is 20.3. The molecule has 1 N–H and O–H groups in total. The second-order valence-corrected chi connectivity index (χ2v) is 9.81. The first-order valence-electron chi connectivity index (χ1n) is 10.6. The van der Waals surface area contributed by atoms with E-state index in [1.165, 1.54) is 0 Å². The number of fused-ring (bicyclic) bond motifs is 5. The van der Waals surface area contributed by atoms with Crippen LogP contribution in [0.5, 0.6) is 0 Å². The Balaban J connectivity index is 1.22. The molecular formula is C22H24Cl2N2O3. The van der Waals surface area contributed by atoms with Crippen molar-refractivity contribution in [3.05, 3.63) is 28.2 Å². The van der Waals surface area contributed by atoms with E-state index in [0.29, 0.717) is 53.3 Å². The van der Waals surface area contributed by atoms with Crippen LogP contribution in [-0.2, 0) is 14.4 Å². The Kier molecular flexibility index (Phi) is 4.86. The van der Waals surface area contributed by atoms with Crippen molar-refractivity contribution in [2.24, 2.45) is 29.6 Å². The quantitative estimate of drug-likeness (QED) is 0.710. The first kappa shape index (κ1) is 19.4. The fourth-order valence-electron chi connectivity index (χ4n) is 6.22. The number of nitrogens with one attached hydrogen (secondary N) is 1. The zero-order valence-corrected chi connectivity index (χ0v) is 17.6. The van der Waals surface area contributed by atoms with E-state index in [0.717, 1.165) is 19.3 Å². The molecule has 154 valence electrons. The third-order valence-electron chi connectivity index (χ3n) is 7.60. The Morgan fingerprint density at radius 3 is 2.17 bits per heavy atom. The molecule has 3 amide bonds. The highest BCUT2D eigenvalue weighted by Crippen LogP contribution is 2.56. The third kappa shape index (κ3) is 3.09. The van der Waals surface area contributed by atoms with Crippen LogP contribution in [0.2, 0.25) is 10.0 Å². The first-order valence-corrected chi connectivity index (χ1v) is 11.3. The molecule has 3 saturated carbocycles. The summed E-state index contributed by atoms with van der Waals surface area (Å²) in [7, 11) is 0. The minimum absolute atomic E-state index is 0.0567. The van der Waals surface area contributed by atoms with Gasteiger partial charge in [-0.3, -0.25) is 19.3 Å². The summed E-state index contributed by atoms with van der Waals surface area (Å²) in [5.74, 6) is 0.592. The molecule has 4 unspecified atom stereocenters. The Bertz CT molecular complexity index is 853. The molecule has 1 heterocycles. The molecule has 0 spiro atoms. The van der Waals surface area contributed by atoms with Gasteiger partial charge in [0.2, 0.25) is 17.7 Å². The minimum Gasteiger partial charge on any atom is -0.324 e. The highest BCUT2D eigenvalue weighted by atomic mass is 35.5. The molecule has 1 aliphatic heterocycles. The molecule has 7 heteroatoms. The number of carbonyl (C=O) groups excluding carboxylic acids is 3. The van der Waals surface area contributed by atoms with Crippen LogP contribution in [0, 0.1) is 29.6 Å². The van der Waals surface area contributed by atoms with Crippen LogP contribution in [0.1, 0.15) is 44.9 Å². The second-order valence-electron chi connectivity index (χ2n) is 9.03. The van der Waals surface area contributed by atoms with Crippen LogP contribution in [0.15, 0.2) is 18.2 Å². The van der Waals surface area contributed by atoms with Crippen molar-refractivity contribution in [2.75, 3.05) is 5.32 Å². The van der Waals surface area contributed by atoms with E-state index in [2.05, 4.69) is 5.32 Å². The van der Waals surface area contributed by atoms with Crippen LogP contribution >= 0.6 is 23.2 Å². The van der Waals surface area contributed by atoms with Crippen LogP contribution in [0.3, 0.4) is 0 Å². The number of likely N-dealkylation sites (tertiary alicyclic amines) is 1. The smallest absolute Gasteiger partial charge is 0.233 e. The fraction of sp³-hybridized carbons (Fsp3) is 0.591. The van der Waals surface area contributed by atoms with Crippen molar-refractivity contribution in [1.82, 2.24) is 4.90 Å². The van der Waals surface area contributed by atoms with Gasteiger partial charge in [0.25, 0.3) is 0 Å². The minimum atomic E-state index is -0.148. The number of benzene rings is 1. The molecule has 4 aliphatic rings. The van der Waals surface area contributed by atoms with Crippen LogP contribution in [0.25, 0.3) is 0 Å². The Morgan fingerprint density at radius 1 is 0.931 bits per heavy atom. The molecule has 4 atom stereocenters. The van der Waals surface area contributed by atoms with E-state index in [1.54, 1.807) is 23.1 Å². The van der Waals surface area contributed by atoms with E-state index in [-0.39, 0.29) is 41.5 Å². The summed E-state index contributed by atoms with van der Waals surface area (Å²) < 4.78 is 0. The molecule has 3 aliphatic carbocycles. The predicted molar refractivity (Wildman–Crippen MR) is 111 cm³/mol. The molecule has 1 aromatic carbocycles. The predicted octanol–water partition coefficient (Wildman–Crippen LogP) is 4.52. The Labute approximate surface area is 180 Å². The van der Waals surface area contributed by atoms with Gasteiger partial charge in [-0.1, -0.05) is 29.3 Å². The number of anilines is 1. The second kappa shape index (κ2) is 7.28. The van der Waals surface area contributed by atoms with Gasteiger partial charge in [0, 0.05) is 12.0 Å². The van der Waals surface area contributed by atoms with Crippen molar-refractivity contribution in [1.29, 1.82) is 0 Å². The fourth-order valence-corrected chi connectivity index (χ4v) is 6.57. The molecule has 1 aromatic rings. The number of rotatable bonds is 3. The summed E-state index contributed by atoms with van der Waals surface area (Å²) in [5.41, 5.74) is 0.513. The van der Waals surface area contributed by atoms with Crippen LogP contribution in [-0.4, -0.2) is 28.7 Å². The Morgan fingerprint density at radius 2 is 1.55 bits per heavy atom. The van der Waals surface area contributed by atoms with E-state index in [1.807, 2.05) is 0 Å². The average molecular weight is 435 g/mol. The van der Waals surface area contributed by atoms with Gasteiger partial charge in [-0.05, 0) is 68.9 Å². The SMILES string of the molecule is O=C(Nc1cccc(Cl)c1Cl)C1CCC(N2C(=O)C3C4CCC(C4)C3C2=O)CC1. The summed E-state index contributed by atoms with van der Waals surface area (Å²) in [6.07, 6.45) is 5.94. The molecule has 1 saturated heterocycles.